The van der Waals surface area contributed by atoms with Crippen LogP contribution in [0.5, 0.6) is 5.88 Å². The molecule has 1 aliphatic heterocycles. The van der Waals surface area contributed by atoms with Gasteiger partial charge in [-0.2, -0.15) is 4.98 Å². The number of primary amides is 1. The first-order chi connectivity index (χ1) is 9.67. The summed E-state index contributed by atoms with van der Waals surface area (Å²) in [5.41, 5.74) is 5.16. The van der Waals surface area contributed by atoms with Gasteiger partial charge in [-0.1, -0.05) is 0 Å². The number of alkyl halides is 1. The molecule has 1 fully saturated rings. The highest BCUT2D eigenvalue weighted by molar-refractivity contribution is 5.75. The minimum atomic E-state index is -0.487. The van der Waals surface area contributed by atoms with Crippen LogP contribution in [0.15, 0.2) is 12.3 Å². The highest BCUT2D eigenvalue weighted by Gasteiger charge is 2.25. The Morgan fingerprint density at radius 2 is 2.50 bits per heavy atom. The van der Waals surface area contributed by atoms with E-state index in [0.29, 0.717) is 18.4 Å². The summed E-state index contributed by atoms with van der Waals surface area (Å²) < 4.78 is 17.8. The van der Waals surface area contributed by atoms with Gasteiger partial charge in [-0.3, -0.25) is 9.69 Å². The molecule has 0 saturated carbocycles. The normalized spacial score (nSPS) is 18.9. The molecule has 1 aromatic rings. The van der Waals surface area contributed by atoms with Crippen LogP contribution in [0, 0.1) is 0 Å². The van der Waals surface area contributed by atoms with Gasteiger partial charge in [-0.05, 0) is 6.42 Å². The highest BCUT2D eigenvalue weighted by Crippen LogP contribution is 2.16. The summed E-state index contributed by atoms with van der Waals surface area (Å²) in [7, 11) is 0. The number of hydrogen-bond donors (Lipinski definition) is 2. The van der Waals surface area contributed by atoms with Crippen molar-refractivity contribution in [2.45, 2.75) is 12.5 Å². The van der Waals surface area contributed by atoms with Crippen LogP contribution in [-0.4, -0.2) is 59.7 Å². The van der Waals surface area contributed by atoms with Gasteiger partial charge in [-0.25, -0.2) is 9.37 Å². The van der Waals surface area contributed by atoms with Crippen LogP contribution >= 0.6 is 0 Å². The second-order valence-electron chi connectivity index (χ2n) is 4.56. The first-order valence-electron chi connectivity index (χ1n) is 6.47. The molecule has 1 aromatic heterocycles. The fraction of sp³-hybridized carbons (Fsp3) is 0.583. The zero-order valence-corrected chi connectivity index (χ0v) is 11.1. The number of rotatable bonds is 7. The largest absolute Gasteiger partial charge is 0.473 e. The van der Waals surface area contributed by atoms with Gasteiger partial charge in [0.25, 0.3) is 0 Å². The van der Waals surface area contributed by atoms with E-state index in [0.717, 1.165) is 13.0 Å². The highest BCUT2D eigenvalue weighted by atomic mass is 19.1. The van der Waals surface area contributed by atoms with E-state index < -0.39 is 6.67 Å². The van der Waals surface area contributed by atoms with Crippen LogP contribution < -0.4 is 15.8 Å². The lowest BCUT2D eigenvalue weighted by Gasteiger charge is -2.15. The number of nitrogens with zero attached hydrogens (tertiary/aromatic N) is 3. The molecule has 2 heterocycles. The number of likely N-dealkylation sites (tertiary alicyclic amines) is 1. The lowest BCUT2D eigenvalue weighted by molar-refractivity contribution is -0.118. The van der Waals surface area contributed by atoms with Gasteiger partial charge >= 0.3 is 0 Å². The predicted octanol–water partition coefficient (Wildman–Crippen LogP) is -0.204. The quantitative estimate of drug-likeness (QED) is 0.719. The number of carbonyl (C=O) groups is 1. The number of aromatic nitrogens is 2. The Balaban J connectivity index is 1.86. The van der Waals surface area contributed by atoms with Crippen molar-refractivity contribution in [3.8, 4) is 5.88 Å². The smallest absolute Gasteiger partial charge is 0.231 e. The molecule has 8 heteroatoms. The predicted molar refractivity (Wildman–Crippen MR) is 71.2 cm³/mol. The lowest BCUT2D eigenvalue weighted by Crippen LogP contribution is -2.33. The van der Waals surface area contributed by atoms with Crippen molar-refractivity contribution < 1.29 is 13.9 Å². The Morgan fingerprint density at radius 3 is 3.25 bits per heavy atom. The molecule has 3 N–H and O–H groups in total. The number of anilines is 1. The second-order valence-corrected chi connectivity index (χ2v) is 4.56. The monoisotopic (exact) mass is 283 g/mol. The molecule has 110 valence electrons. The Labute approximate surface area is 116 Å². The van der Waals surface area contributed by atoms with Crippen LogP contribution in [0.3, 0.4) is 0 Å². The van der Waals surface area contributed by atoms with Gasteiger partial charge < -0.3 is 15.8 Å². The number of hydrogen-bond acceptors (Lipinski definition) is 6. The zero-order valence-electron chi connectivity index (χ0n) is 11.1. The van der Waals surface area contributed by atoms with E-state index in [4.69, 9.17) is 10.5 Å². The van der Waals surface area contributed by atoms with Crippen molar-refractivity contribution in [3.05, 3.63) is 12.3 Å². The van der Waals surface area contributed by atoms with E-state index in [1.54, 1.807) is 12.3 Å². The summed E-state index contributed by atoms with van der Waals surface area (Å²) in [5, 5.41) is 2.75. The molecule has 0 aliphatic carbocycles. The Kier molecular flexibility index (Phi) is 5.05. The summed E-state index contributed by atoms with van der Waals surface area (Å²) in [4.78, 5) is 20.9. The van der Waals surface area contributed by atoms with Crippen molar-refractivity contribution in [3.63, 3.8) is 0 Å². The number of carbonyl (C=O) groups excluding carboxylic acids is 1. The maximum Gasteiger partial charge on any atom is 0.231 e. The minimum Gasteiger partial charge on any atom is -0.473 e. The summed E-state index contributed by atoms with van der Waals surface area (Å²) in [5.74, 6) is 0.435. The van der Waals surface area contributed by atoms with E-state index in [1.165, 1.54) is 0 Å². The van der Waals surface area contributed by atoms with Gasteiger partial charge in [-0.15, -0.1) is 0 Å². The molecule has 1 atom stereocenters. The van der Waals surface area contributed by atoms with E-state index in [2.05, 4.69) is 15.3 Å². The fourth-order valence-electron chi connectivity index (χ4n) is 2.08. The van der Waals surface area contributed by atoms with Crippen LogP contribution in [0.2, 0.25) is 0 Å². The Hall–Kier alpha value is -1.96. The molecule has 0 spiro atoms. The summed E-state index contributed by atoms with van der Waals surface area (Å²) >= 11 is 0. The van der Waals surface area contributed by atoms with Gasteiger partial charge in [0.15, 0.2) is 0 Å². The SMILES string of the molecule is NC(=O)CN1CCC(Oc2ccnc(NCCF)n2)C1. The van der Waals surface area contributed by atoms with E-state index in [9.17, 15) is 9.18 Å². The van der Waals surface area contributed by atoms with E-state index in [1.807, 2.05) is 4.90 Å². The van der Waals surface area contributed by atoms with Crippen molar-refractivity contribution in [1.29, 1.82) is 0 Å². The molecule has 0 bridgehead atoms. The second kappa shape index (κ2) is 6.99. The van der Waals surface area contributed by atoms with Crippen molar-refractivity contribution >= 4 is 11.9 Å². The van der Waals surface area contributed by atoms with Gasteiger partial charge in [0, 0.05) is 31.9 Å². The number of nitrogens with one attached hydrogen (secondary N) is 1. The van der Waals surface area contributed by atoms with Crippen LogP contribution in [0.4, 0.5) is 10.3 Å². The average Bonchev–Trinajstić information content (AvgIpc) is 2.83. The lowest BCUT2D eigenvalue weighted by atomic mass is 10.3. The maximum absolute atomic E-state index is 12.1. The minimum absolute atomic E-state index is 0.0294. The van der Waals surface area contributed by atoms with Crippen LogP contribution in [-0.2, 0) is 4.79 Å². The van der Waals surface area contributed by atoms with Gasteiger partial charge in [0.1, 0.15) is 12.8 Å². The number of ether oxygens (including phenoxy) is 1. The van der Waals surface area contributed by atoms with Gasteiger partial charge in [0.2, 0.25) is 17.7 Å². The molecule has 20 heavy (non-hydrogen) atoms. The maximum atomic E-state index is 12.1. The summed E-state index contributed by atoms with van der Waals surface area (Å²) in [6.45, 7) is 1.33. The van der Waals surface area contributed by atoms with Gasteiger partial charge in [0.05, 0.1) is 6.54 Å². The molecule has 1 unspecified atom stereocenters. The Morgan fingerprint density at radius 1 is 1.65 bits per heavy atom. The zero-order chi connectivity index (χ0) is 14.4. The first-order valence-corrected chi connectivity index (χ1v) is 6.47. The topological polar surface area (TPSA) is 93.4 Å². The molecule has 1 saturated heterocycles. The molecule has 1 aliphatic rings. The molecule has 7 nitrogen and oxygen atoms in total. The molecule has 0 radical (unpaired) electrons. The third-order valence-corrected chi connectivity index (χ3v) is 2.90. The number of nitrogens with two attached hydrogens (primary N) is 1. The molecular formula is C12H18FN5O2. The standard InChI is InChI=1S/C12H18FN5O2/c13-3-5-16-12-15-4-1-11(17-12)20-9-2-6-18(7-9)8-10(14)19/h1,4,9H,2-3,5-8H2,(H2,14,19)(H,15,16,17). The molecule has 0 aromatic carbocycles. The van der Waals surface area contributed by atoms with Crippen LogP contribution in [0.1, 0.15) is 6.42 Å². The van der Waals surface area contributed by atoms with E-state index >= 15 is 0 Å². The van der Waals surface area contributed by atoms with Crippen molar-refractivity contribution in [1.82, 2.24) is 14.9 Å². The third-order valence-electron chi connectivity index (χ3n) is 2.90. The third kappa shape index (κ3) is 4.30. The summed E-state index contributed by atoms with van der Waals surface area (Å²) in [6, 6.07) is 1.65. The van der Waals surface area contributed by atoms with Crippen molar-refractivity contribution in [2.24, 2.45) is 5.73 Å². The van der Waals surface area contributed by atoms with Crippen LogP contribution in [0.25, 0.3) is 0 Å². The number of halogens is 1. The molecule has 2 rings (SSSR count). The average molecular weight is 283 g/mol. The van der Waals surface area contributed by atoms with Crippen molar-refractivity contribution in [2.75, 3.05) is 38.2 Å². The fourth-order valence-corrected chi connectivity index (χ4v) is 2.08. The first kappa shape index (κ1) is 14.4. The number of amides is 1. The Bertz CT molecular complexity index is 459. The summed E-state index contributed by atoms with van der Waals surface area (Å²) in [6.07, 6.45) is 2.34. The van der Waals surface area contributed by atoms with E-state index in [-0.39, 0.29) is 25.1 Å². The molecule has 1 amide bonds. The molecular weight excluding hydrogens is 265 g/mol.